The number of ether oxygens (including phenoxy) is 3. The molecule has 0 heterocycles. The van der Waals surface area contributed by atoms with Crippen LogP contribution in [-0.4, -0.2) is 43.2 Å². The van der Waals surface area contributed by atoms with Crippen molar-refractivity contribution in [3.8, 4) is 17.2 Å². The normalized spacial score (nSPS) is 11.4. The molecule has 0 bridgehead atoms. The maximum atomic E-state index is 13.4. The molecule has 1 N–H and O–H groups in total. The number of nitrogens with zero attached hydrogens (tertiary/aromatic N) is 1. The van der Waals surface area contributed by atoms with Crippen LogP contribution in [0.15, 0.2) is 103 Å². The van der Waals surface area contributed by atoms with Crippen molar-refractivity contribution in [1.29, 1.82) is 0 Å². The topological polar surface area (TPSA) is 68.2 Å². The predicted molar refractivity (Wildman–Crippen MR) is 148 cm³/mol. The third kappa shape index (κ3) is 7.14. The van der Waals surface area contributed by atoms with Gasteiger partial charge in [-0.25, -0.2) is 0 Å². The molecule has 4 aromatic carbocycles. The number of aliphatic hydroxyl groups excluding tert-OH is 1. The molecule has 0 aliphatic carbocycles. The van der Waals surface area contributed by atoms with Crippen LogP contribution in [0.1, 0.15) is 33.2 Å². The number of rotatable bonds is 12. The summed E-state index contributed by atoms with van der Waals surface area (Å²) < 4.78 is 16.6. The second-order valence-corrected chi connectivity index (χ2v) is 8.92. The van der Waals surface area contributed by atoms with E-state index in [2.05, 4.69) is 0 Å². The van der Waals surface area contributed by atoms with Crippen LogP contribution in [0.3, 0.4) is 0 Å². The molecular weight excluding hydrogens is 478 g/mol. The van der Waals surface area contributed by atoms with E-state index < -0.39 is 6.10 Å². The van der Waals surface area contributed by atoms with E-state index in [-0.39, 0.29) is 12.5 Å². The van der Waals surface area contributed by atoms with Crippen LogP contribution in [0, 0.1) is 0 Å². The summed E-state index contributed by atoms with van der Waals surface area (Å²) in [4.78, 5) is 15.1. The molecule has 1 atom stereocenters. The fraction of sp³-hybridized carbons (Fsp3) is 0.219. The van der Waals surface area contributed by atoms with Gasteiger partial charge in [-0.15, -0.1) is 0 Å². The maximum absolute atomic E-state index is 13.4. The van der Waals surface area contributed by atoms with Gasteiger partial charge in [0.05, 0.1) is 26.9 Å². The Morgan fingerprint density at radius 2 is 1.45 bits per heavy atom. The molecule has 0 spiro atoms. The van der Waals surface area contributed by atoms with Crippen molar-refractivity contribution in [3.05, 3.63) is 125 Å². The van der Waals surface area contributed by atoms with E-state index in [0.29, 0.717) is 42.2 Å². The lowest BCUT2D eigenvalue weighted by Crippen LogP contribution is -2.36. The first-order chi connectivity index (χ1) is 18.6. The van der Waals surface area contributed by atoms with Gasteiger partial charge in [0, 0.05) is 12.1 Å². The molecule has 0 fully saturated rings. The number of carbonyl (C=O) groups excluding carboxylic acids is 1. The molecule has 0 radical (unpaired) electrons. The van der Waals surface area contributed by atoms with Crippen molar-refractivity contribution in [3.63, 3.8) is 0 Å². The quantitative estimate of drug-likeness (QED) is 0.264. The Labute approximate surface area is 224 Å². The van der Waals surface area contributed by atoms with Crippen LogP contribution in [0.5, 0.6) is 17.2 Å². The summed E-state index contributed by atoms with van der Waals surface area (Å²) in [5, 5.41) is 11.1. The van der Waals surface area contributed by atoms with Gasteiger partial charge < -0.3 is 24.2 Å². The lowest BCUT2D eigenvalue weighted by Gasteiger charge is -2.26. The van der Waals surface area contributed by atoms with Gasteiger partial charge in [0.25, 0.3) is 5.91 Å². The SMILES string of the molecule is COc1ccc(CCN(C[C@H](O)c2ccc(OCc3ccccc3)cc2)C(=O)c2ccccc2)cc1OC. The zero-order valence-corrected chi connectivity index (χ0v) is 21.7. The molecule has 38 heavy (non-hydrogen) atoms. The predicted octanol–water partition coefficient (Wildman–Crippen LogP) is 5.70. The van der Waals surface area contributed by atoms with Gasteiger partial charge in [-0.1, -0.05) is 66.7 Å². The van der Waals surface area contributed by atoms with E-state index in [0.717, 1.165) is 16.9 Å². The Hall–Kier alpha value is -4.29. The van der Waals surface area contributed by atoms with E-state index in [1.165, 1.54) is 0 Å². The zero-order chi connectivity index (χ0) is 26.7. The molecule has 1 amide bonds. The molecule has 4 rings (SSSR count). The molecule has 6 heteroatoms. The molecular formula is C32H33NO5. The summed E-state index contributed by atoms with van der Waals surface area (Å²) in [6.07, 6.45) is -0.256. The number of hydrogen-bond donors (Lipinski definition) is 1. The Balaban J connectivity index is 1.44. The minimum atomic E-state index is -0.851. The fourth-order valence-corrected chi connectivity index (χ4v) is 4.18. The number of carbonyl (C=O) groups is 1. The van der Waals surface area contributed by atoms with Crippen molar-refractivity contribution >= 4 is 5.91 Å². The third-order valence-electron chi connectivity index (χ3n) is 6.33. The van der Waals surface area contributed by atoms with Gasteiger partial charge in [0.1, 0.15) is 12.4 Å². The summed E-state index contributed by atoms with van der Waals surface area (Å²) in [6.45, 7) is 1.06. The summed E-state index contributed by atoms with van der Waals surface area (Å²) in [6, 6.07) is 32.2. The molecule has 0 unspecified atom stereocenters. The number of benzene rings is 4. The Bertz CT molecular complexity index is 1290. The van der Waals surface area contributed by atoms with Crippen molar-refractivity contribution in [1.82, 2.24) is 4.90 Å². The Morgan fingerprint density at radius 3 is 2.11 bits per heavy atom. The fourth-order valence-electron chi connectivity index (χ4n) is 4.18. The highest BCUT2D eigenvalue weighted by Gasteiger charge is 2.20. The lowest BCUT2D eigenvalue weighted by atomic mass is 10.1. The first kappa shape index (κ1) is 26.8. The Kier molecular flexibility index (Phi) is 9.37. The first-order valence-electron chi connectivity index (χ1n) is 12.6. The van der Waals surface area contributed by atoms with Gasteiger partial charge in [0.15, 0.2) is 11.5 Å². The van der Waals surface area contributed by atoms with Crippen LogP contribution in [0.4, 0.5) is 0 Å². The minimum Gasteiger partial charge on any atom is -0.493 e. The maximum Gasteiger partial charge on any atom is 0.253 e. The van der Waals surface area contributed by atoms with Gasteiger partial charge in [-0.3, -0.25) is 4.79 Å². The zero-order valence-electron chi connectivity index (χ0n) is 21.7. The van der Waals surface area contributed by atoms with Crippen molar-refractivity contribution < 1.29 is 24.1 Å². The molecule has 0 saturated heterocycles. The minimum absolute atomic E-state index is 0.132. The van der Waals surface area contributed by atoms with E-state index in [9.17, 15) is 9.90 Å². The van der Waals surface area contributed by atoms with Crippen molar-refractivity contribution in [2.45, 2.75) is 19.1 Å². The Morgan fingerprint density at radius 1 is 0.789 bits per heavy atom. The molecule has 6 nitrogen and oxygen atoms in total. The standard InChI is InChI=1S/C32H33NO5/c1-36-30-18-13-24(21-31(30)37-2)19-20-33(32(35)27-11-7-4-8-12-27)22-29(34)26-14-16-28(17-15-26)38-23-25-9-5-3-6-10-25/h3-18,21,29,34H,19-20,22-23H2,1-2H3/t29-/m0/s1. The summed E-state index contributed by atoms with van der Waals surface area (Å²) in [5.41, 5.74) is 3.38. The second kappa shape index (κ2) is 13.3. The lowest BCUT2D eigenvalue weighted by molar-refractivity contribution is 0.0624. The van der Waals surface area contributed by atoms with Gasteiger partial charge in [0.2, 0.25) is 0 Å². The molecule has 0 aliphatic rings. The molecule has 0 aliphatic heterocycles. The summed E-state index contributed by atoms with van der Waals surface area (Å²) in [5.74, 6) is 1.88. The average Bonchev–Trinajstić information content (AvgIpc) is 2.98. The molecule has 0 saturated carbocycles. The highest BCUT2D eigenvalue weighted by atomic mass is 16.5. The number of amides is 1. The van der Waals surface area contributed by atoms with E-state index >= 15 is 0 Å². The van der Waals surface area contributed by atoms with Gasteiger partial charge in [-0.2, -0.15) is 0 Å². The second-order valence-electron chi connectivity index (χ2n) is 8.92. The highest BCUT2D eigenvalue weighted by Crippen LogP contribution is 2.28. The van der Waals surface area contributed by atoms with E-state index in [1.54, 1.807) is 31.3 Å². The summed E-state index contributed by atoms with van der Waals surface area (Å²) >= 11 is 0. The van der Waals surface area contributed by atoms with Crippen LogP contribution >= 0.6 is 0 Å². The van der Waals surface area contributed by atoms with Crippen molar-refractivity contribution in [2.75, 3.05) is 27.3 Å². The van der Waals surface area contributed by atoms with E-state index in [1.807, 2.05) is 91.0 Å². The summed E-state index contributed by atoms with van der Waals surface area (Å²) in [7, 11) is 3.20. The smallest absolute Gasteiger partial charge is 0.253 e. The van der Waals surface area contributed by atoms with Crippen molar-refractivity contribution in [2.24, 2.45) is 0 Å². The highest BCUT2D eigenvalue weighted by molar-refractivity contribution is 5.94. The third-order valence-corrected chi connectivity index (χ3v) is 6.33. The van der Waals surface area contributed by atoms with Crippen LogP contribution < -0.4 is 14.2 Å². The van der Waals surface area contributed by atoms with Gasteiger partial charge >= 0.3 is 0 Å². The molecule has 196 valence electrons. The van der Waals surface area contributed by atoms with E-state index in [4.69, 9.17) is 14.2 Å². The largest absolute Gasteiger partial charge is 0.493 e. The number of hydrogen-bond acceptors (Lipinski definition) is 5. The number of aliphatic hydroxyl groups is 1. The van der Waals surface area contributed by atoms with Gasteiger partial charge in [-0.05, 0) is 59.5 Å². The van der Waals surface area contributed by atoms with Crippen LogP contribution in [-0.2, 0) is 13.0 Å². The number of methoxy groups -OCH3 is 2. The van der Waals surface area contributed by atoms with Crippen LogP contribution in [0.25, 0.3) is 0 Å². The first-order valence-corrected chi connectivity index (χ1v) is 12.6. The monoisotopic (exact) mass is 511 g/mol. The molecule has 0 aromatic heterocycles. The van der Waals surface area contributed by atoms with Crippen LogP contribution in [0.2, 0.25) is 0 Å². The molecule has 4 aromatic rings. The average molecular weight is 512 g/mol.